The van der Waals surface area contributed by atoms with Crippen molar-refractivity contribution < 1.29 is 0 Å². The van der Waals surface area contributed by atoms with Crippen molar-refractivity contribution in [2.75, 3.05) is 0 Å². The van der Waals surface area contributed by atoms with Gasteiger partial charge in [0, 0.05) is 17.3 Å². The van der Waals surface area contributed by atoms with Crippen molar-refractivity contribution in [3.8, 4) is 11.1 Å². The van der Waals surface area contributed by atoms with Gasteiger partial charge in [0.15, 0.2) is 0 Å². The standard InChI is InChI=1S/C12H10ClNO/c1-8-6-10(13)3-4-11(8)9-2-5-12(15)14-7-9/h2-7H,1H3,(H,14,15). The minimum absolute atomic E-state index is 0.0923. The molecule has 0 aliphatic rings. The molecule has 0 saturated carbocycles. The van der Waals surface area contributed by atoms with Crippen LogP contribution in [0.3, 0.4) is 0 Å². The van der Waals surface area contributed by atoms with Crippen LogP contribution in [-0.4, -0.2) is 4.98 Å². The molecule has 15 heavy (non-hydrogen) atoms. The van der Waals surface area contributed by atoms with Gasteiger partial charge in [-0.1, -0.05) is 17.7 Å². The largest absolute Gasteiger partial charge is 0.328 e. The SMILES string of the molecule is Cc1cc(Cl)ccc1-c1ccc(=O)[nH]c1. The predicted octanol–water partition coefficient (Wildman–Crippen LogP) is 3.00. The summed E-state index contributed by atoms with van der Waals surface area (Å²) < 4.78 is 0. The maximum absolute atomic E-state index is 10.9. The lowest BCUT2D eigenvalue weighted by molar-refractivity contribution is 1.24. The van der Waals surface area contributed by atoms with Crippen molar-refractivity contribution in [3.63, 3.8) is 0 Å². The van der Waals surface area contributed by atoms with Crippen molar-refractivity contribution in [1.29, 1.82) is 0 Å². The van der Waals surface area contributed by atoms with E-state index in [0.717, 1.165) is 21.7 Å². The van der Waals surface area contributed by atoms with Gasteiger partial charge in [0.25, 0.3) is 0 Å². The van der Waals surface area contributed by atoms with E-state index in [2.05, 4.69) is 4.98 Å². The van der Waals surface area contributed by atoms with E-state index in [-0.39, 0.29) is 5.56 Å². The van der Waals surface area contributed by atoms with E-state index in [1.807, 2.05) is 25.1 Å². The second-order valence-corrected chi connectivity index (χ2v) is 3.84. The van der Waals surface area contributed by atoms with E-state index < -0.39 is 0 Å². The zero-order chi connectivity index (χ0) is 10.8. The highest BCUT2D eigenvalue weighted by Gasteiger charge is 2.01. The highest BCUT2D eigenvalue weighted by atomic mass is 35.5. The predicted molar refractivity (Wildman–Crippen MR) is 62.2 cm³/mol. The molecule has 3 heteroatoms. The van der Waals surface area contributed by atoms with Crippen LogP contribution in [0.15, 0.2) is 41.3 Å². The summed E-state index contributed by atoms with van der Waals surface area (Å²) in [6.45, 7) is 1.99. The number of halogens is 1. The molecule has 0 unspecified atom stereocenters. The first-order valence-electron chi connectivity index (χ1n) is 4.62. The van der Waals surface area contributed by atoms with Gasteiger partial charge in [0.2, 0.25) is 5.56 Å². The van der Waals surface area contributed by atoms with Crippen LogP contribution in [0.2, 0.25) is 5.02 Å². The zero-order valence-corrected chi connectivity index (χ0v) is 9.01. The summed E-state index contributed by atoms with van der Waals surface area (Å²) >= 11 is 5.87. The number of rotatable bonds is 1. The van der Waals surface area contributed by atoms with Crippen LogP contribution in [0.5, 0.6) is 0 Å². The lowest BCUT2D eigenvalue weighted by Crippen LogP contribution is -2.01. The Morgan fingerprint density at radius 2 is 2.00 bits per heavy atom. The summed E-state index contributed by atoms with van der Waals surface area (Å²) in [5.74, 6) is 0. The normalized spacial score (nSPS) is 10.3. The number of hydrogen-bond donors (Lipinski definition) is 1. The summed E-state index contributed by atoms with van der Waals surface area (Å²) in [5.41, 5.74) is 3.07. The second-order valence-electron chi connectivity index (χ2n) is 3.40. The number of pyridine rings is 1. The number of aryl methyl sites for hydroxylation is 1. The molecule has 2 aromatic rings. The molecule has 0 atom stereocenters. The average molecular weight is 220 g/mol. The molecule has 0 fully saturated rings. The fourth-order valence-electron chi connectivity index (χ4n) is 1.53. The first-order valence-corrected chi connectivity index (χ1v) is 5.00. The Hall–Kier alpha value is -1.54. The molecule has 0 amide bonds. The topological polar surface area (TPSA) is 32.9 Å². The van der Waals surface area contributed by atoms with Crippen LogP contribution in [0, 0.1) is 6.92 Å². The van der Waals surface area contributed by atoms with Crippen molar-refractivity contribution in [3.05, 3.63) is 57.5 Å². The Morgan fingerprint density at radius 1 is 1.20 bits per heavy atom. The Balaban J connectivity index is 2.54. The van der Waals surface area contributed by atoms with Crippen molar-refractivity contribution >= 4 is 11.6 Å². The molecule has 2 nitrogen and oxygen atoms in total. The minimum Gasteiger partial charge on any atom is -0.328 e. The van der Waals surface area contributed by atoms with Gasteiger partial charge in [0.05, 0.1) is 0 Å². The molecule has 2 rings (SSSR count). The number of nitrogens with one attached hydrogen (secondary N) is 1. The molecule has 0 bridgehead atoms. The molecular weight excluding hydrogens is 210 g/mol. The number of aromatic amines is 1. The Bertz CT molecular complexity index is 525. The van der Waals surface area contributed by atoms with E-state index in [9.17, 15) is 4.79 Å². The molecule has 1 N–H and O–H groups in total. The summed E-state index contributed by atoms with van der Waals surface area (Å²) in [6.07, 6.45) is 1.71. The van der Waals surface area contributed by atoms with Crippen molar-refractivity contribution in [2.24, 2.45) is 0 Å². The molecule has 0 aliphatic heterocycles. The molecule has 0 saturated heterocycles. The van der Waals surface area contributed by atoms with Gasteiger partial charge >= 0.3 is 0 Å². The quantitative estimate of drug-likeness (QED) is 0.786. The Morgan fingerprint density at radius 3 is 2.60 bits per heavy atom. The van der Waals surface area contributed by atoms with Crippen LogP contribution in [0.25, 0.3) is 11.1 Å². The molecule has 1 heterocycles. The number of aromatic nitrogens is 1. The van der Waals surface area contributed by atoms with E-state index in [1.165, 1.54) is 6.07 Å². The smallest absolute Gasteiger partial charge is 0.247 e. The van der Waals surface area contributed by atoms with Crippen LogP contribution < -0.4 is 5.56 Å². The molecule has 0 spiro atoms. The van der Waals surface area contributed by atoms with Gasteiger partial charge in [-0.25, -0.2) is 0 Å². The summed E-state index contributed by atoms with van der Waals surface area (Å²) in [7, 11) is 0. The van der Waals surface area contributed by atoms with Crippen LogP contribution in [0.4, 0.5) is 0 Å². The van der Waals surface area contributed by atoms with E-state index in [4.69, 9.17) is 11.6 Å². The van der Waals surface area contributed by atoms with Crippen LogP contribution in [-0.2, 0) is 0 Å². The zero-order valence-electron chi connectivity index (χ0n) is 8.25. The minimum atomic E-state index is -0.0923. The summed E-state index contributed by atoms with van der Waals surface area (Å²) in [5, 5.41) is 0.723. The first kappa shape index (κ1) is 9.99. The van der Waals surface area contributed by atoms with Crippen molar-refractivity contribution in [1.82, 2.24) is 4.98 Å². The molecular formula is C12H10ClNO. The Labute approximate surface area is 92.5 Å². The lowest BCUT2D eigenvalue weighted by Gasteiger charge is -2.05. The number of H-pyrrole nitrogens is 1. The van der Waals surface area contributed by atoms with E-state index in [0.29, 0.717) is 0 Å². The average Bonchev–Trinajstić information content (AvgIpc) is 2.20. The highest BCUT2D eigenvalue weighted by Crippen LogP contribution is 2.24. The molecule has 1 aromatic heterocycles. The third kappa shape index (κ3) is 2.10. The van der Waals surface area contributed by atoms with Gasteiger partial charge in [-0.15, -0.1) is 0 Å². The summed E-state index contributed by atoms with van der Waals surface area (Å²) in [6, 6.07) is 9.01. The van der Waals surface area contributed by atoms with Crippen molar-refractivity contribution in [2.45, 2.75) is 6.92 Å². The lowest BCUT2D eigenvalue weighted by atomic mass is 10.0. The van der Waals surface area contributed by atoms with E-state index in [1.54, 1.807) is 12.3 Å². The number of benzene rings is 1. The van der Waals surface area contributed by atoms with Crippen LogP contribution >= 0.6 is 11.6 Å². The maximum Gasteiger partial charge on any atom is 0.247 e. The third-order valence-corrected chi connectivity index (χ3v) is 2.52. The van der Waals surface area contributed by atoms with Gasteiger partial charge in [-0.3, -0.25) is 4.79 Å². The molecule has 0 aliphatic carbocycles. The molecule has 76 valence electrons. The fraction of sp³-hybridized carbons (Fsp3) is 0.0833. The van der Waals surface area contributed by atoms with Gasteiger partial charge < -0.3 is 4.98 Å². The summed E-state index contributed by atoms with van der Waals surface area (Å²) in [4.78, 5) is 13.6. The monoisotopic (exact) mass is 219 g/mol. The van der Waals surface area contributed by atoms with Crippen LogP contribution in [0.1, 0.15) is 5.56 Å². The van der Waals surface area contributed by atoms with Gasteiger partial charge in [-0.05, 0) is 41.8 Å². The van der Waals surface area contributed by atoms with Gasteiger partial charge in [0.1, 0.15) is 0 Å². The molecule has 1 aromatic carbocycles. The van der Waals surface area contributed by atoms with Gasteiger partial charge in [-0.2, -0.15) is 0 Å². The number of hydrogen-bond acceptors (Lipinski definition) is 1. The van der Waals surface area contributed by atoms with E-state index >= 15 is 0 Å². The Kier molecular flexibility index (Phi) is 2.60. The maximum atomic E-state index is 10.9. The molecule has 0 radical (unpaired) electrons. The second kappa shape index (κ2) is 3.91. The third-order valence-electron chi connectivity index (χ3n) is 2.28. The fourth-order valence-corrected chi connectivity index (χ4v) is 1.76. The first-order chi connectivity index (χ1) is 7.16. The highest BCUT2D eigenvalue weighted by molar-refractivity contribution is 6.30.